The van der Waals surface area contributed by atoms with E-state index in [4.69, 9.17) is 9.98 Å². The molecule has 2 aromatic heterocycles. The summed E-state index contributed by atoms with van der Waals surface area (Å²) < 4.78 is 1.62. The fourth-order valence-corrected chi connectivity index (χ4v) is 3.70. The van der Waals surface area contributed by atoms with Crippen LogP contribution in [-0.2, 0) is 0 Å². The maximum absolute atomic E-state index is 13.0. The van der Waals surface area contributed by atoms with Gasteiger partial charge in [0.1, 0.15) is 5.65 Å². The van der Waals surface area contributed by atoms with Crippen LogP contribution in [0.5, 0.6) is 0 Å². The van der Waals surface area contributed by atoms with Crippen LogP contribution < -0.4 is 15.8 Å². The molecule has 176 valence electrons. The third-order valence-corrected chi connectivity index (χ3v) is 6.10. The van der Waals surface area contributed by atoms with Crippen LogP contribution in [0.3, 0.4) is 0 Å². The molecule has 2 aromatic rings. The standard InChI is InChI=1S/C26H36N6O/c1-7-18(4)24(15-28-19(5)8-2)29-22(9-3)23-14-26(33)32-17-21(10-11-25(32)30-23)31-13-12-27-20(6)16-31/h8-11,14-15,17-18,20,27H,7,12-13,16H2,1-6H3/b19-8-,22-9-,28-15?,29-24?/t18?,20-/m0/s1. The molecular weight excluding hydrogens is 412 g/mol. The van der Waals surface area contributed by atoms with Crippen molar-refractivity contribution in [3.05, 3.63) is 58.3 Å². The topological polar surface area (TPSA) is 74.4 Å². The molecule has 1 unspecified atom stereocenters. The summed E-state index contributed by atoms with van der Waals surface area (Å²) in [6.45, 7) is 15.0. The molecular formula is C26H36N6O. The van der Waals surface area contributed by atoms with Crippen LogP contribution in [0, 0.1) is 5.92 Å². The Morgan fingerprint density at radius 2 is 2.12 bits per heavy atom. The van der Waals surface area contributed by atoms with Crippen molar-refractivity contribution in [3.8, 4) is 0 Å². The first-order valence-electron chi connectivity index (χ1n) is 11.8. The van der Waals surface area contributed by atoms with E-state index >= 15 is 0 Å². The molecule has 7 heteroatoms. The van der Waals surface area contributed by atoms with E-state index in [0.717, 1.165) is 43.2 Å². The number of anilines is 1. The van der Waals surface area contributed by atoms with Gasteiger partial charge in [0, 0.05) is 49.9 Å². The maximum atomic E-state index is 13.0. The third-order valence-electron chi connectivity index (χ3n) is 6.10. The quantitative estimate of drug-likeness (QED) is 0.640. The lowest BCUT2D eigenvalue weighted by molar-refractivity contribution is 0.484. The number of aliphatic imine (C=N–C) groups is 2. The summed E-state index contributed by atoms with van der Waals surface area (Å²) in [7, 11) is 0. The van der Waals surface area contributed by atoms with Gasteiger partial charge in [0.2, 0.25) is 0 Å². The van der Waals surface area contributed by atoms with E-state index in [1.165, 1.54) is 0 Å². The molecule has 1 N–H and O–H groups in total. The number of hydrogen-bond acceptors (Lipinski definition) is 6. The monoisotopic (exact) mass is 448 g/mol. The van der Waals surface area contributed by atoms with Crippen LogP contribution in [0.2, 0.25) is 0 Å². The summed E-state index contributed by atoms with van der Waals surface area (Å²) in [5.41, 5.74) is 4.59. The summed E-state index contributed by atoms with van der Waals surface area (Å²) in [5.74, 6) is 0.235. The molecule has 1 fully saturated rings. The Kier molecular flexibility index (Phi) is 8.33. The lowest BCUT2D eigenvalue weighted by atomic mass is 10.0. The second-order valence-corrected chi connectivity index (χ2v) is 8.60. The average molecular weight is 449 g/mol. The SMILES string of the molecule is C/C=C(/C)N=CC(=N/C(=C\C)c1cc(=O)n2cc(N3CCN[C@@H](C)C3)ccc2n1)C(C)CC. The minimum absolute atomic E-state index is 0.113. The number of nitrogens with zero attached hydrogens (tertiary/aromatic N) is 5. The van der Waals surface area contributed by atoms with Crippen molar-refractivity contribution in [1.82, 2.24) is 14.7 Å². The molecule has 0 saturated carbocycles. The van der Waals surface area contributed by atoms with Crippen molar-refractivity contribution in [2.75, 3.05) is 24.5 Å². The number of rotatable bonds is 7. The van der Waals surface area contributed by atoms with E-state index in [0.29, 0.717) is 23.1 Å². The molecule has 0 aliphatic carbocycles. The first-order valence-corrected chi connectivity index (χ1v) is 11.8. The van der Waals surface area contributed by atoms with Gasteiger partial charge < -0.3 is 10.2 Å². The molecule has 1 aliphatic heterocycles. The minimum Gasteiger partial charge on any atom is -0.368 e. The van der Waals surface area contributed by atoms with E-state index in [2.05, 4.69) is 36.0 Å². The van der Waals surface area contributed by atoms with Gasteiger partial charge in [-0.1, -0.05) is 26.0 Å². The molecule has 3 rings (SSSR count). The van der Waals surface area contributed by atoms with Crippen LogP contribution in [-0.4, -0.2) is 47.0 Å². The summed E-state index contributed by atoms with van der Waals surface area (Å²) in [5, 5.41) is 3.45. The Labute approximate surface area is 196 Å². The van der Waals surface area contributed by atoms with Gasteiger partial charge in [-0.15, -0.1) is 0 Å². The highest BCUT2D eigenvalue weighted by Gasteiger charge is 2.17. The fourth-order valence-electron chi connectivity index (χ4n) is 3.70. The zero-order valence-corrected chi connectivity index (χ0v) is 20.7. The molecule has 33 heavy (non-hydrogen) atoms. The van der Waals surface area contributed by atoms with Crippen LogP contribution in [0.1, 0.15) is 53.7 Å². The minimum atomic E-state index is -0.113. The lowest BCUT2D eigenvalue weighted by Gasteiger charge is -2.33. The number of allylic oxidation sites excluding steroid dienone is 3. The molecule has 0 amide bonds. The van der Waals surface area contributed by atoms with Crippen molar-refractivity contribution in [2.45, 2.75) is 54.0 Å². The van der Waals surface area contributed by atoms with Gasteiger partial charge in [-0.2, -0.15) is 0 Å². The molecule has 1 aliphatic rings. The molecule has 1 saturated heterocycles. The van der Waals surface area contributed by atoms with Crippen LogP contribution in [0.15, 0.2) is 57.0 Å². The second kappa shape index (κ2) is 11.2. The second-order valence-electron chi connectivity index (χ2n) is 8.60. The normalized spacial score (nSPS) is 19.5. The van der Waals surface area contributed by atoms with Gasteiger partial charge in [0.15, 0.2) is 0 Å². The summed E-state index contributed by atoms with van der Waals surface area (Å²) in [6.07, 6.45) is 8.51. The number of hydrogen-bond donors (Lipinski definition) is 1. The smallest absolute Gasteiger partial charge is 0.258 e. The van der Waals surface area contributed by atoms with Crippen molar-refractivity contribution in [2.24, 2.45) is 15.9 Å². The van der Waals surface area contributed by atoms with Gasteiger partial charge in [-0.05, 0) is 52.2 Å². The van der Waals surface area contributed by atoms with Gasteiger partial charge in [-0.25, -0.2) is 9.98 Å². The van der Waals surface area contributed by atoms with Crippen molar-refractivity contribution >= 4 is 29.0 Å². The Morgan fingerprint density at radius 3 is 2.79 bits per heavy atom. The number of aromatic nitrogens is 2. The molecule has 0 spiro atoms. The predicted octanol–water partition coefficient (Wildman–Crippen LogP) is 4.34. The summed E-state index contributed by atoms with van der Waals surface area (Å²) in [6, 6.07) is 5.94. The van der Waals surface area contributed by atoms with E-state index in [-0.39, 0.29) is 11.5 Å². The van der Waals surface area contributed by atoms with Crippen molar-refractivity contribution in [1.29, 1.82) is 0 Å². The first-order chi connectivity index (χ1) is 15.9. The van der Waals surface area contributed by atoms with Gasteiger partial charge in [0.25, 0.3) is 5.56 Å². The number of fused-ring (bicyclic) bond motifs is 1. The Morgan fingerprint density at radius 1 is 1.33 bits per heavy atom. The largest absolute Gasteiger partial charge is 0.368 e. The van der Waals surface area contributed by atoms with E-state index in [1.807, 2.05) is 57.5 Å². The summed E-state index contributed by atoms with van der Waals surface area (Å²) in [4.78, 5) is 29.5. The average Bonchev–Trinajstić information content (AvgIpc) is 2.83. The maximum Gasteiger partial charge on any atom is 0.258 e. The first kappa shape index (κ1) is 24.6. The van der Waals surface area contributed by atoms with E-state index in [9.17, 15) is 4.79 Å². The molecule has 2 atom stereocenters. The van der Waals surface area contributed by atoms with Gasteiger partial charge >= 0.3 is 0 Å². The Bertz CT molecular complexity index is 1160. The molecule has 0 aromatic carbocycles. The third kappa shape index (κ3) is 6.05. The zero-order chi connectivity index (χ0) is 24.0. The van der Waals surface area contributed by atoms with Crippen molar-refractivity contribution < 1.29 is 0 Å². The molecule has 0 bridgehead atoms. The van der Waals surface area contributed by atoms with E-state index in [1.54, 1.807) is 10.5 Å². The highest BCUT2D eigenvalue weighted by Crippen LogP contribution is 2.19. The highest BCUT2D eigenvalue weighted by molar-refractivity contribution is 6.32. The molecule has 3 heterocycles. The lowest BCUT2D eigenvalue weighted by Crippen LogP contribution is -2.49. The van der Waals surface area contributed by atoms with Gasteiger partial charge in [0.05, 0.1) is 22.8 Å². The number of piperazine rings is 1. The van der Waals surface area contributed by atoms with Crippen molar-refractivity contribution in [3.63, 3.8) is 0 Å². The zero-order valence-electron chi connectivity index (χ0n) is 20.7. The Hall–Kier alpha value is -3.06. The highest BCUT2D eigenvalue weighted by atomic mass is 16.1. The van der Waals surface area contributed by atoms with Crippen LogP contribution in [0.25, 0.3) is 11.3 Å². The summed E-state index contributed by atoms with van der Waals surface area (Å²) >= 11 is 0. The van der Waals surface area contributed by atoms with Crippen LogP contribution >= 0.6 is 0 Å². The van der Waals surface area contributed by atoms with Gasteiger partial charge in [-0.3, -0.25) is 14.2 Å². The predicted molar refractivity (Wildman–Crippen MR) is 140 cm³/mol. The molecule has 0 radical (unpaired) electrons. The van der Waals surface area contributed by atoms with Crippen LogP contribution in [0.4, 0.5) is 5.69 Å². The number of pyridine rings is 1. The fraction of sp³-hybridized carbons (Fsp3) is 0.462. The Balaban J connectivity index is 1.99. The number of nitrogens with one attached hydrogen (secondary N) is 1. The van der Waals surface area contributed by atoms with E-state index < -0.39 is 0 Å². The molecule has 7 nitrogen and oxygen atoms in total.